The Labute approximate surface area is 126 Å². The third-order valence-corrected chi connectivity index (χ3v) is 4.57. The van der Waals surface area contributed by atoms with E-state index in [0.717, 1.165) is 29.3 Å². The normalized spacial score (nSPS) is 16.6. The van der Waals surface area contributed by atoms with Crippen LogP contribution in [0.2, 0.25) is 0 Å². The number of amides is 1. The van der Waals surface area contributed by atoms with Crippen LogP contribution >= 0.6 is 0 Å². The van der Waals surface area contributed by atoms with E-state index in [0.29, 0.717) is 6.04 Å². The predicted octanol–water partition coefficient (Wildman–Crippen LogP) is 4.03. The van der Waals surface area contributed by atoms with Gasteiger partial charge in [-0.15, -0.1) is 0 Å². The van der Waals surface area contributed by atoms with Gasteiger partial charge in [-0.05, 0) is 25.0 Å². The summed E-state index contributed by atoms with van der Waals surface area (Å²) in [5, 5.41) is 0.950. The molecule has 0 atom stereocenters. The molecule has 1 aliphatic rings. The maximum Gasteiger partial charge on any atom is 0.254 e. The summed E-state index contributed by atoms with van der Waals surface area (Å²) in [5.74, 6) is 0.125. The van der Waals surface area contributed by atoms with Crippen molar-refractivity contribution in [3.8, 4) is 0 Å². The number of hydrogen-bond donors (Lipinski definition) is 0. The summed E-state index contributed by atoms with van der Waals surface area (Å²) in [4.78, 5) is 19.2. The van der Waals surface area contributed by atoms with Gasteiger partial charge in [0.05, 0.1) is 11.1 Å². The van der Waals surface area contributed by atoms with E-state index < -0.39 is 0 Å². The second-order valence-electron chi connectivity index (χ2n) is 5.94. The number of nitrogens with zero attached hydrogens (tertiary/aromatic N) is 2. The minimum Gasteiger partial charge on any atom is -0.339 e. The van der Waals surface area contributed by atoms with Gasteiger partial charge in [0.15, 0.2) is 0 Å². The van der Waals surface area contributed by atoms with Crippen molar-refractivity contribution in [3.63, 3.8) is 0 Å². The first kappa shape index (κ1) is 14.1. The van der Waals surface area contributed by atoms with Crippen LogP contribution in [0.3, 0.4) is 0 Å². The highest BCUT2D eigenvalue weighted by Gasteiger charge is 2.23. The van der Waals surface area contributed by atoms with Crippen molar-refractivity contribution in [1.82, 2.24) is 9.88 Å². The molecule has 21 heavy (non-hydrogen) atoms. The summed E-state index contributed by atoms with van der Waals surface area (Å²) in [6, 6.07) is 10.1. The molecule has 0 spiro atoms. The van der Waals surface area contributed by atoms with E-state index in [-0.39, 0.29) is 5.91 Å². The molecule has 1 amide bonds. The lowest BCUT2D eigenvalue weighted by molar-refractivity contribution is 0.0719. The van der Waals surface area contributed by atoms with E-state index in [1.807, 2.05) is 42.3 Å². The zero-order valence-electron chi connectivity index (χ0n) is 12.6. The smallest absolute Gasteiger partial charge is 0.254 e. The number of carbonyl (C=O) groups is 1. The molecule has 3 heteroatoms. The number of rotatable bonds is 2. The third kappa shape index (κ3) is 2.92. The summed E-state index contributed by atoms with van der Waals surface area (Å²) < 4.78 is 0. The van der Waals surface area contributed by atoms with E-state index >= 15 is 0 Å². The Kier molecular flexibility index (Phi) is 4.18. The van der Waals surface area contributed by atoms with Gasteiger partial charge in [-0.25, -0.2) is 0 Å². The zero-order valence-corrected chi connectivity index (χ0v) is 12.6. The first-order chi connectivity index (χ1) is 10.3. The zero-order chi connectivity index (χ0) is 14.7. The molecule has 0 unspecified atom stereocenters. The molecule has 0 N–H and O–H groups in total. The summed E-state index contributed by atoms with van der Waals surface area (Å²) in [5.41, 5.74) is 1.66. The molecule has 1 heterocycles. The van der Waals surface area contributed by atoms with Gasteiger partial charge in [-0.2, -0.15) is 0 Å². The molecular weight excluding hydrogens is 260 g/mol. The Hall–Kier alpha value is -1.90. The molecule has 0 radical (unpaired) electrons. The molecule has 3 nitrogen and oxygen atoms in total. The van der Waals surface area contributed by atoms with Crippen molar-refractivity contribution >= 4 is 16.8 Å². The van der Waals surface area contributed by atoms with E-state index in [9.17, 15) is 4.79 Å². The summed E-state index contributed by atoms with van der Waals surface area (Å²) in [6.45, 7) is 0. The van der Waals surface area contributed by atoms with Crippen molar-refractivity contribution < 1.29 is 4.79 Å². The van der Waals surface area contributed by atoms with Crippen LogP contribution in [0, 0.1) is 0 Å². The predicted molar refractivity (Wildman–Crippen MR) is 85.3 cm³/mol. The Bertz CT molecular complexity index is 625. The number of fused-ring (bicyclic) bond motifs is 1. The van der Waals surface area contributed by atoms with Crippen molar-refractivity contribution in [2.45, 2.75) is 44.6 Å². The van der Waals surface area contributed by atoms with E-state index in [4.69, 9.17) is 0 Å². The number of pyridine rings is 1. The van der Waals surface area contributed by atoms with E-state index in [1.165, 1.54) is 25.7 Å². The Morgan fingerprint density at radius 1 is 1.10 bits per heavy atom. The minimum absolute atomic E-state index is 0.125. The molecule has 0 bridgehead atoms. The van der Waals surface area contributed by atoms with Crippen LogP contribution in [0.25, 0.3) is 10.9 Å². The fraction of sp³-hybridized carbons (Fsp3) is 0.444. The number of para-hydroxylation sites is 1. The summed E-state index contributed by atoms with van der Waals surface area (Å²) in [6.07, 6.45) is 9.07. The van der Waals surface area contributed by atoms with Gasteiger partial charge in [0.25, 0.3) is 5.91 Å². The lowest BCUT2D eigenvalue weighted by atomic mass is 10.0. The van der Waals surface area contributed by atoms with Crippen LogP contribution in [0.5, 0.6) is 0 Å². The number of benzene rings is 1. The molecule has 0 aliphatic heterocycles. The van der Waals surface area contributed by atoms with Crippen LogP contribution in [-0.2, 0) is 0 Å². The fourth-order valence-corrected chi connectivity index (χ4v) is 3.28. The molecule has 1 aromatic heterocycles. The van der Waals surface area contributed by atoms with Gasteiger partial charge in [0.1, 0.15) is 0 Å². The molecular formula is C18H22N2O. The summed E-state index contributed by atoms with van der Waals surface area (Å²) >= 11 is 0. The largest absolute Gasteiger partial charge is 0.339 e. The average Bonchev–Trinajstić information content (AvgIpc) is 2.82. The highest BCUT2D eigenvalue weighted by Crippen LogP contribution is 2.24. The van der Waals surface area contributed by atoms with Crippen LogP contribution in [0.15, 0.2) is 36.5 Å². The van der Waals surface area contributed by atoms with Gasteiger partial charge >= 0.3 is 0 Å². The standard InChI is InChI=1S/C18H22N2O/c1-20(14-8-4-2-3-5-9-14)18(21)16-12-13-19-17-11-7-6-10-15(16)17/h6-7,10-14H,2-5,8-9H2,1H3. The van der Waals surface area contributed by atoms with Crippen LogP contribution < -0.4 is 0 Å². The van der Waals surface area contributed by atoms with E-state index in [1.54, 1.807) is 6.20 Å². The van der Waals surface area contributed by atoms with Crippen LogP contribution in [-0.4, -0.2) is 28.9 Å². The Morgan fingerprint density at radius 2 is 1.81 bits per heavy atom. The highest BCUT2D eigenvalue weighted by molar-refractivity contribution is 6.05. The monoisotopic (exact) mass is 282 g/mol. The van der Waals surface area contributed by atoms with Gasteiger partial charge in [-0.3, -0.25) is 9.78 Å². The minimum atomic E-state index is 0.125. The SMILES string of the molecule is CN(C(=O)c1ccnc2ccccc12)C1CCCCCC1. The van der Waals surface area contributed by atoms with Crippen LogP contribution in [0.1, 0.15) is 48.9 Å². The molecule has 110 valence electrons. The maximum absolute atomic E-state index is 12.9. The fourth-order valence-electron chi connectivity index (χ4n) is 3.28. The van der Waals surface area contributed by atoms with Crippen molar-refractivity contribution in [1.29, 1.82) is 0 Å². The molecule has 1 saturated carbocycles. The van der Waals surface area contributed by atoms with Crippen molar-refractivity contribution in [3.05, 3.63) is 42.1 Å². The first-order valence-corrected chi connectivity index (χ1v) is 7.88. The highest BCUT2D eigenvalue weighted by atomic mass is 16.2. The third-order valence-electron chi connectivity index (χ3n) is 4.57. The van der Waals surface area contributed by atoms with E-state index in [2.05, 4.69) is 4.98 Å². The quantitative estimate of drug-likeness (QED) is 0.779. The molecule has 0 saturated heterocycles. The van der Waals surface area contributed by atoms with Gasteiger partial charge < -0.3 is 4.90 Å². The summed E-state index contributed by atoms with van der Waals surface area (Å²) in [7, 11) is 1.95. The molecule has 3 rings (SSSR count). The second kappa shape index (κ2) is 6.25. The number of carbonyl (C=O) groups excluding carboxylic acids is 1. The first-order valence-electron chi connectivity index (χ1n) is 7.88. The molecule has 1 aromatic carbocycles. The van der Waals surface area contributed by atoms with Gasteiger partial charge in [-0.1, -0.05) is 43.9 Å². The molecule has 2 aromatic rings. The van der Waals surface area contributed by atoms with Crippen molar-refractivity contribution in [2.24, 2.45) is 0 Å². The van der Waals surface area contributed by atoms with Gasteiger partial charge in [0, 0.05) is 24.7 Å². The van der Waals surface area contributed by atoms with Gasteiger partial charge in [0.2, 0.25) is 0 Å². The van der Waals surface area contributed by atoms with Crippen LogP contribution in [0.4, 0.5) is 0 Å². The second-order valence-corrected chi connectivity index (χ2v) is 5.94. The lowest BCUT2D eigenvalue weighted by Crippen LogP contribution is -2.36. The molecule has 1 aliphatic carbocycles. The van der Waals surface area contributed by atoms with Crippen molar-refractivity contribution in [2.75, 3.05) is 7.05 Å². The maximum atomic E-state index is 12.9. The lowest BCUT2D eigenvalue weighted by Gasteiger charge is -2.27. The number of aromatic nitrogens is 1. The Balaban J connectivity index is 1.89. The average molecular weight is 282 g/mol. The Morgan fingerprint density at radius 3 is 2.57 bits per heavy atom. The topological polar surface area (TPSA) is 33.2 Å². The number of hydrogen-bond acceptors (Lipinski definition) is 2. The molecule has 1 fully saturated rings.